The van der Waals surface area contributed by atoms with Crippen LogP contribution in [0.2, 0.25) is 0 Å². The highest BCUT2D eigenvalue weighted by Crippen LogP contribution is 2.38. The average molecular weight is 431 g/mol. The molecule has 0 aliphatic heterocycles. The quantitative estimate of drug-likeness (QED) is 0.295. The summed E-state index contributed by atoms with van der Waals surface area (Å²) in [7, 11) is 4.73. The fraction of sp³-hybridized carbons (Fsp3) is 0.115. The molecule has 32 heavy (non-hydrogen) atoms. The summed E-state index contributed by atoms with van der Waals surface area (Å²) in [6.45, 7) is 0. The van der Waals surface area contributed by atoms with Crippen LogP contribution in [0.15, 0.2) is 66.7 Å². The first kappa shape index (κ1) is 22.5. The third-order valence-electron chi connectivity index (χ3n) is 4.65. The molecule has 0 aromatic heterocycles. The zero-order valence-corrected chi connectivity index (χ0v) is 18.3. The third-order valence-corrected chi connectivity index (χ3v) is 4.65. The lowest BCUT2D eigenvalue weighted by Gasteiger charge is -2.12. The Morgan fingerprint density at radius 3 is 2.03 bits per heavy atom. The Hall–Kier alpha value is -4.19. The molecule has 3 rings (SSSR count). The highest BCUT2D eigenvalue weighted by molar-refractivity contribution is 6.02. The molecule has 0 saturated heterocycles. The Morgan fingerprint density at radius 2 is 1.41 bits per heavy atom. The van der Waals surface area contributed by atoms with Crippen molar-refractivity contribution in [3.63, 3.8) is 0 Å². The van der Waals surface area contributed by atoms with Crippen molar-refractivity contribution in [2.24, 2.45) is 0 Å². The fourth-order valence-electron chi connectivity index (χ4n) is 3.13. The number of amides is 1. The zero-order chi connectivity index (χ0) is 22.9. The lowest BCUT2D eigenvalue weighted by Crippen LogP contribution is -2.07. The molecular weight excluding hydrogens is 404 g/mol. The molecule has 3 aromatic carbocycles. The number of methoxy groups -OCH3 is 3. The topological polar surface area (TPSA) is 82.8 Å². The number of carbonyl (C=O) groups is 1. The molecule has 0 radical (unpaired) electrons. The van der Waals surface area contributed by atoms with Gasteiger partial charge in [-0.3, -0.25) is 4.79 Å². The normalized spacial score (nSPS) is 11.0. The first-order valence-corrected chi connectivity index (χ1v) is 9.95. The van der Waals surface area contributed by atoms with Crippen molar-refractivity contribution in [2.45, 2.75) is 0 Å². The molecule has 164 valence electrons. The van der Waals surface area contributed by atoms with Crippen LogP contribution >= 0.6 is 0 Å². The van der Waals surface area contributed by atoms with Gasteiger partial charge in [-0.25, -0.2) is 0 Å². The number of ether oxygens (including phenoxy) is 3. The number of hydrogen-bond donors (Lipinski definition) is 2. The van der Waals surface area contributed by atoms with Gasteiger partial charge in [0.2, 0.25) is 11.7 Å². The molecular formula is C26H26N2O4. The van der Waals surface area contributed by atoms with Crippen molar-refractivity contribution in [3.05, 3.63) is 83.4 Å². The van der Waals surface area contributed by atoms with E-state index in [9.17, 15) is 4.79 Å². The summed E-state index contributed by atoms with van der Waals surface area (Å²) in [4.78, 5) is 12.3. The average Bonchev–Trinajstić information content (AvgIpc) is 2.81. The highest BCUT2D eigenvalue weighted by atomic mass is 16.5. The molecule has 0 spiro atoms. The Bertz CT molecular complexity index is 1130. The smallest absolute Gasteiger partial charge is 0.248 e. The van der Waals surface area contributed by atoms with Crippen LogP contribution in [-0.4, -0.2) is 27.2 Å². The van der Waals surface area contributed by atoms with E-state index in [0.717, 1.165) is 16.7 Å². The maximum Gasteiger partial charge on any atom is 0.248 e. The molecule has 0 saturated carbocycles. The molecule has 3 N–H and O–H groups in total. The Balaban J connectivity index is 1.72. The molecule has 0 unspecified atom stereocenters. The van der Waals surface area contributed by atoms with E-state index >= 15 is 0 Å². The molecule has 6 nitrogen and oxygen atoms in total. The van der Waals surface area contributed by atoms with Crippen molar-refractivity contribution < 1.29 is 19.0 Å². The van der Waals surface area contributed by atoms with E-state index in [1.165, 1.54) is 6.08 Å². The predicted molar refractivity (Wildman–Crippen MR) is 130 cm³/mol. The highest BCUT2D eigenvalue weighted by Gasteiger charge is 2.12. The zero-order valence-electron chi connectivity index (χ0n) is 18.3. The second-order valence-corrected chi connectivity index (χ2v) is 6.91. The molecule has 0 aliphatic carbocycles. The number of hydrogen-bond acceptors (Lipinski definition) is 5. The van der Waals surface area contributed by atoms with E-state index < -0.39 is 0 Å². The first-order chi connectivity index (χ1) is 15.5. The summed E-state index contributed by atoms with van der Waals surface area (Å²) < 4.78 is 16.1. The molecule has 6 heteroatoms. The van der Waals surface area contributed by atoms with E-state index in [-0.39, 0.29) is 5.91 Å². The number of carbonyl (C=O) groups excluding carboxylic acids is 1. The Morgan fingerprint density at radius 1 is 0.781 bits per heavy atom. The Labute approximate surface area is 187 Å². The van der Waals surface area contributed by atoms with Crippen molar-refractivity contribution in [1.29, 1.82) is 0 Å². The summed E-state index contributed by atoms with van der Waals surface area (Å²) in [5, 5.41) is 2.87. The fourth-order valence-corrected chi connectivity index (χ4v) is 3.13. The van der Waals surface area contributed by atoms with Crippen LogP contribution in [0.3, 0.4) is 0 Å². The minimum absolute atomic E-state index is 0.224. The molecule has 0 heterocycles. The van der Waals surface area contributed by atoms with Crippen LogP contribution < -0.4 is 25.3 Å². The van der Waals surface area contributed by atoms with Crippen LogP contribution in [0.25, 0.3) is 18.2 Å². The van der Waals surface area contributed by atoms with Gasteiger partial charge in [-0.05, 0) is 59.2 Å². The van der Waals surface area contributed by atoms with Gasteiger partial charge in [-0.1, -0.05) is 36.4 Å². The minimum Gasteiger partial charge on any atom is -0.493 e. The van der Waals surface area contributed by atoms with Gasteiger partial charge in [0, 0.05) is 17.5 Å². The van der Waals surface area contributed by atoms with Crippen LogP contribution in [0.1, 0.15) is 16.7 Å². The SMILES string of the molecule is COc1cc(/C=C/c2cccc(NC(=O)/C=C/c3cccc(N)c3)c2)cc(OC)c1OC. The summed E-state index contributed by atoms with van der Waals surface area (Å²) in [6, 6.07) is 18.6. The van der Waals surface area contributed by atoms with E-state index in [0.29, 0.717) is 28.6 Å². The lowest BCUT2D eigenvalue weighted by atomic mass is 10.1. The van der Waals surface area contributed by atoms with E-state index in [1.54, 1.807) is 39.5 Å². The number of anilines is 2. The van der Waals surface area contributed by atoms with Gasteiger partial charge in [-0.2, -0.15) is 0 Å². The van der Waals surface area contributed by atoms with Crippen molar-refractivity contribution in [2.75, 3.05) is 32.4 Å². The van der Waals surface area contributed by atoms with Crippen molar-refractivity contribution in [3.8, 4) is 17.2 Å². The summed E-state index contributed by atoms with van der Waals surface area (Å²) >= 11 is 0. The first-order valence-electron chi connectivity index (χ1n) is 9.95. The van der Waals surface area contributed by atoms with E-state index in [2.05, 4.69) is 5.32 Å². The monoisotopic (exact) mass is 430 g/mol. The molecule has 0 fully saturated rings. The van der Waals surface area contributed by atoms with Crippen molar-refractivity contribution in [1.82, 2.24) is 0 Å². The maximum absolute atomic E-state index is 12.3. The molecule has 1 amide bonds. The molecule has 3 aromatic rings. The van der Waals surface area contributed by atoms with Crippen LogP contribution in [0, 0.1) is 0 Å². The molecule has 0 aliphatic rings. The number of benzene rings is 3. The lowest BCUT2D eigenvalue weighted by molar-refractivity contribution is -0.111. The number of nitrogen functional groups attached to an aromatic ring is 1. The van der Waals surface area contributed by atoms with E-state index in [1.807, 2.05) is 60.7 Å². The maximum atomic E-state index is 12.3. The molecule has 0 bridgehead atoms. The standard InChI is InChI=1S/C26H26N2O4/c1-30-23-16-20(17-24(31-2)26(23)32-3)11-10-19-7-5-9-22(15-19)28-25(29)13-12-18-6-4-8-21(27)14-18/h4-17H,27H2,1-3H3,(H,28,29)/b11-10+,13-12+. The number of rotatable bonds is 8. The van der Waals surface area contributed by atoms with Gasteiger partial charge < -0.3 is 25.3 Å². The van der Waals surface area contributed by atoms with Crippen LogP contribution in [0.4, 0.5) is 11.4 Å². The minimum atomic E-state index is -0.224. The number of nitrogens with two attached hydrogens (primary N) is 1. The van der Waals surface area contributed by atoms with Gasteiger partial charge >= 0.3 is 0 Å². The van der Waals surface area contributed by atoms with Crippen LogP contribution in [-0.2, 0) is 4.79 Å². The van der Waals surface area contributed by atoms with Crippen molar-refractivity contribution >= 4 is 35.5 Å². The summed E-state index contributed by atoms with van der Waals surface area (Å²) in [5.41, 5.74) is 9.79. The largest absolute Gasteiger partial charge is 0.493 e. The van der Waals surface area contributed by atoms with Gasteiger partial charge in [0.05, 0.1) is 21.3 Å². The molecule has 0 atom stereocenters. The van der Waals surface area contributed by atoms with Gasteiger partial charge in [0.15, 0.2) is 11.5 Å². The second-order valence-electron chi connectivity index (χ2n) is 6.91. The Kier molecular flexibility index (Phi) is 7.54. The summed E-state index contributed by atoms with van der Waals surface area (Å²) in [5.74, 6) is 1.49. The summed E-state index contributed by atoms with van der Waals surface area (Å²) in [6.07, 6.45) is 7.08. The third kappa shape index (κ3) is 5.92. The number of nitrogens with one attached hydrogen (secondary N) is 1. The van der Waals surface area contributed by atoms with Gasteiger partial charge in [0.1, 0.15) is 0 Å². The predicted octanol–water partition coefficient (Wildman–Crippen LogP) is 5.12. The second kappa shape index (κ2) is 10.7. The van der Waals surface area contributed by atoms with Gasteiger partial charge in [0.25, 0.3) is 0 Å². The van der Waals surface area contributed by atoms with Crippen LogP contribution in [0.5, 0.6) is 17.2 Å². The van der Waals surface area contributed by atoms with Gasteiger partial charge in [-0.15, -0.1) is 0 Å². The van der Waals surface area contributed by atoms with E-state index in [4.69, 9.17) is 19.9 Å².